The largest absolute Gasteiger partial charge is 0.366 e. The second-order valence-corrected chi connectivity index (χ2v) is 8.69. The second-order valence-electron chi connectivity index (χ2n) is 8.69. The number of carbonyl (C=O) groups excluding carboxylic acids is 1. The third-order valence-corrected chi connectivity index (χ3v) is 4.99. The maximum absolute atomic E-state index is 12.2. The molecular formula is C17H28O2. The van der Waals surface area contributed by atoms with E-state index in [1.54, 1.807) is 0 Å². The summed E-state index contributed by atoms with van der Waals surface area (Å²) in [7, 11) is 0. The molecule has 0 aromatic carbocycles. The van der Waals surface area contributed by atoms with Crippen LogP contribution in [0.2, 0.25) is 0 Å². The fourth-order valence-electron chi connectivity index (χ4n) is 4.16. The van der Waals surface area contributed by atoms with Crippen molar-refractivity contribution < 1.29 is 9.53 Å². The van der Waals surface area contributed by atoms with Crippen molar-refractivity contribution >= 4 is 5.78 Å². The van der Waals surface area contributed by atoms with Crippen LogP contribution in [0.15, 0.2) is 11.6 Å². The molecular weight excluding hydrogens is 236 g/mol. The van der Waals surface area contributed by atoms with Gasteiger partial charge < -0.3 is 4.74 Å². The van der Waals surface area contributed by atoms with Gasteiger partial charge in [0, 0.05) is 10.8 Å². The van der Waals surface area contributed by atoms with Gasteiger partial charge in [0.25, 0.3) is 0 Å². The van der Waals surface area contributed by atoms with Crippen molar-refractivity contribution in [3.63, 3.8) is 0 Å². The summed E-state index contributed by atoms with van der Waals surface area (Å²) >= 11 is 0. The van der Waals surface area contributed by atoms with Crippen LogP contribution in [-0.4, -0.2) is 17.5 Å². The third kappa shape index (κ3) is 1.91. The van der Waals surface area contributed by atoms with Crippen LogP contribution in [0.4, 0.5) is 0 Å². The minimum atomic E-state index is -0.320. The van der Waals surface area contributed by atoms with Crippen molar-refractivity contribution in [1.82, 2.24) is 0 Å². The van der Waals surface area contributed by atoms with Gasteiger partial charge in [0.15, 0.2) is 5.78 Å². The van der Waals surface area contributed by atoms with Crippen LogP contribution in [0.1, 0.15) is 61.8 Å². The molecule has 2 nitrogen and oxygen atoms in total. The summed E-state index contributed by atoms with van der Waals surface area (Å²) in [5.74, 6) is 0.261. The first-order valence-electron chi connectivity index (χ1n) is 7.26. The maximum Gasteiger partial charge on any atom is 0.164 e. The molecule has 1 aliphatic carbocycles. The van der Waals surface area contributed by atoms with E-state index in [9.17, 15) is 4.79 Å². The summed E-state index contributed by atoms with van der Waals surface area (Å²) in [6.45, 7) is 17.2. The van der Waals surface area contributed by atoms with Gasteiger partial charge in [0.05, 0.1) is 11.7 Å². The molecule has 0 radical (unpaired) electrons. The summed E-state index contributed by atoms with van der Waals surface area (Å²) in [6.07, 6.45) is 3.10. The van der Waals surface area contributed by atoms with E-state index in [4.69, 9.17) is 4.74 Å². The highest BCUT2D eigenvalue weighted by Gasteiger charge is 2.66. The molecule has 2 aliphatic rings. The topological polar surface area (TPSA) is 26.3 Å². The van der Waals surface area contributed by atoms with E-state index in [2.05, 4.69) is 40.7 Å². The van der Waals surface area contributed by atoms with Crippen LogP contribution in [-0.2, 0) is 9.53 Å². The monoisotopic (exact) mass is 264 g/mol. The summed E-state index contributed by atoms with van der Waals surface area (Å²) < 4.78 is 6.37. The molecule has 0 aromatic rings. The lowest BCUT2D eigenvalue weighted by Gasteiger charge is -2.66. The number of hydrogen-bond acceptors (Lipinski definition) is 2. The minimum Gasteiger partial charge on any atom is -0.366 e. The number of ketones is 1. The Morgan fingerprint density at radius 3 is 2.11 bits per heavy atom. The molecule has 2 rings (SSSR count). The molecule has 2 atom stereocenters. The van der Waals surface area contributed by atoms with Gasteiger partial charge in [0.2, 0.25) is 0 Å². The van der Waals surface area contributed by atoms with Gasteiger partial charge in [-0.25, -0.2) is 0 Å². The number of allylic oxidation sites excluding steroid dienone is 1. The molecule has 0 aromatic heterocycles. The molecule has 0 N–H and O–H groups in total. The molecule has 0 saturated carbocycles. The molecule has 0 unspecified atom stereocenters. The van der Waals surface area contributed by atoms with Crippen LogP contribution >= 0.6 is 0 Å². The Labute approximate surface area is 117 Å². The quantitative estimate of drug-likeness (QED) is 0.657. The molecule has 1 spiro atoms. The molecule has 0 bridgehead atoms. The van der Waals surface area contributed by atoms with Gasteiger partial charge in [-0.05, 0) is 30.4 Å². The molecule has 1 saturated heterocycles. The van der Waals surface area contributed by atoms with Gasteiger partial charge in [0.1, 0.15) is 0 Å². The molecule has 2 heteroatoms. The van der Waals surface area contributed by atoms with Crippen molar-refractivity contribution in [3.8, 4) is 0 Å². The third-order valence-electron chi connectivity index (χ3n) is 4.99. The van der Waals surface area contributed by atoms with E-state index in [1.807, 2.05) is 20.8 Å². The summed E-state index contributed by atoms with van der Waals surface area (Å²) in [5, 5.41) is 0. The zero-order valence-electron chi connectivity index (χ0n) is 13.7. The number of rotatable bonds is 0. The lowest BCUT2D eigenvalue weighted by atomic mass is 9.52. The Bertz CT molecular complexity index is 448. The van der Waals surface area contributed by atoms with Crippen molar-refractivity contribution in [3.05, 3.63) is 11.6 Å². The van der Waals surface area contributed by atoms with Crippen molar-refractivity contribution in [2.75, 3.05) is 0 Å². The summed E-state index contributed by atoms with van der Waals surface area (Å²) in [6, 6.07) is 0. The fourth-order valence-corrected chi connectivity index (χ4v) is 4.16. The second kappa shape index (κ2) is 3.72. The van der Waals surface area contributed by atoms with Gasteiger partial charge >= 0.3 is 0 Å². The lowest BCUT2D eigenvalue weighted by molar-refractivity contribution is -0.322. The standard InChI is InChI=1S/C17H28O2/c1-11-9-17(10-15(5,6)12(11)18)16(7,8)13(19-17)14(2,3)4/h9,13H,10H2,1-8H3/t13-,17+/m0/s1. The molecule has 0 amide bonds. The Morgan fingerprint density at radius 1 is 1.21 bits per heavy atom. The minimum absolute atomic E-state index is 0.0600. The van der Waals surface area contributed by atoms with Gasteiger partial charge in [-0.3, -0.25) is 4.79 Å². The Morgan fingerprint density at radius 2 is 1.74 bits per heavy atom. The van der Waals surface area contributed by atoms with E-state index >= 15 is 0 Å². The lowest BCUT2D eigenvalue weighted by Crippen LogP contribution is -2.71. The summed E-state index contributed by atoms with van der Waals surface area (Å²) in [4.78, 5) is 12.2. The first kappa shape index (κ1) is 14.8. The van der Waals surface area contributed by atoms with E-state index in [0.717, 1.165) is 12.0 Å². The average molecular weight is 264 g/mol. The normalized spacial score (nSPS) is 36.9. The fraction of sp³-hybridized carbons (Fsp3) is 0.824. The highest BCUT2D eigenvalue weighted by molar-refractivity contribution is 6.00. The molecule has 19 heavy (non-hydrogen) atoms. The Hall–Kier alpha value is -0.630. The van der Waals surface area contributed by atoms with Crippen LogP contribution < -0.4 is 0 Å². The molecule has 1 heterocycles. The first-order valence-corrected chi connectivity index (χ1v) is 7.26. The predicted octanol–water partition coefficient (Wildman–Crippen LogP) is 4.14. The van der Waals surface area contributed by atoms with Crippen LogP contribution in [0.25, 0.3) is 0 Å². The van der Waals surface area contributed by atoms with Crippen molar-refractivity contribution in [2.24, 2.45) is 16.2 Å². The predicted molar refractivity (Wildman–Crippen MR) is 78.0 cm³/mol. The first-order chi connectivity index (χ1) is 8.33. The highest BCUT2D eigenvalue weighted by atomic mass is 16.5. The SMILES string of the molecule is CC1=C[C@]2(CC(C)(C)C1=O)O[C@@H](C(C)(C)C)C2(C)C. The molecule has 108 valence electrons. The van der Waals surface area contributed by atoms with E-state index in [0.29, 0.717) is 0 Å². The number of hydrogen-bond donors (Lipinski definition) is 0. The molecule has 1 aliphatic heterocycles. The van der Waals surface area contributed by atoms with Crippen LogP contribution in [0, 0.1) is 16.2 Å². The highest BCUT2D eigenvalue weighted by Crippen LogP contribution is 2.61. The maximum atomic E-state index is 12.2. The van der Waals surface area contributed by atoms with E-state index in [1.165, 1.54) is 0 Å². The zero-order chi connectivity index (χ0) is 14.9. The molecule has 1 fully saturated rings. The van der Waals surface area contributed by atoms with Gasteiger partial charge in [-0.15, -0.1) is 0 Å². The Balaban J connectivity index is 2.41. The Kier molecular flexibility index (Phi) is 2.89. The smallest absolute Gasteiger partial charge is 0.164 e. The van der Waals surface area contributed by atoms with E-state index < -0.39 is 0 Å². The number of ether oxygens (including phenoxy) is 1. The zero-order valence-corrected chi connectivity index (χ0v) is 13.7. The van der Waals surface area contributed by atoms with Crippen molar-refractivity contribution in [2.45, 2.75) is 73.5 Å². The van der Waals surface area contributed by atoms with E-state index in [-0.39, 0.29) is 33.7 Å². The average Bonchev–Trinajstić information content (AvgIpc) is 2.20. The van der Waals surface area contributed by atoms with Crippen molar-refractivity contribution in [1.29, 1.82) is 0 Å². The van der Waals surface area contributed by atoms with Crippen LogP contribution in [0.3, 0.4) is 0 Å². The summed E-state index contributed by atoms with van der Waals surface area (Å²) in [5.41, 5.74) is 0.453. The van der Waals surface area contributed by atoms with Crippen LogP contribution in [0.5, 0.6) is 0 Å². The van der Waals surface area contributed by atoms with Gasteiger partial charge in [-0.1, -0.05) is 48.5 Å². The van der Waals surface area contributed by atoms with Gasteiger partial charge in [-0.2, -0.15) is 0 Å². The number of Topliss-reactive ketones (excluding diaryl/α,β-unsaturated/α-hetero) is 1. The number of carbonyl (C=O) groups is 1.